The first-order valence-electron chi connectivity index (χ1n) is 5.41. The predicted molar refractivity (Wildman–Crippen MR) is 74.0 cm³/mol. The number of benzene rings is 1. The van der Waals surface area contributed by atoms with Gasteiger partial charge >= 0.3 is 0 Å². The highest BCUT2D eigenvalue weighted by Gasteiger charge is 2.07. The molecule has 0 bridgehead atoms. The summed E-state index contributed by atoms with van der Waals surface area (Å²) in [6, 6.07) is 11.4. The molecule has 1 aromatic carbocycles. The van der Waals surface area contributed by atoms with Gasteiger partial charge in [-0.05, 0) is 49.7 Å². The summed E-state index contributed by atoms with van der Waals surface area (Å²) in [6.07, 6.45) is 0. The van der Waals surface area contributed by atoms with Crippen molar-refractivity contribution < 1.29 is 0 Å². The third kappa shape index (κ3) is 3.04. The van der Waals surface area contributed by atoms with Crippen LogP contribution in [0.4, 0.5) is 0 Å². The standard InChI is InChI=1S/C14H11ClN2S/c1-9-5-10(2)17-14(6-9)18-13-7-12(15)4-3-11(13)8-16/h3-7H,1-2H3. The fraction of sp³-hybridized carbons (Fsp3) is 0.143. The summed E-state index contributed by atoms with van der Waals surface area (Å²) in [5, 5.41) is 10.6. The first-order chi connectivity index (χ1) is 8.58. The molecule has 2 nitrogen and oxygen atoms in total. The topological polar surface area (TPSA) is 36.7 Å². The summed E-state index contributed by atoms with van der Waals surface area (Å²) in [6.45, 7) is 3.99. The smallest absolute Gasteiger partial charge is 0.101 e. The van der Waals surface area contributed by atoms with Gasteiger partial charge in [-0.1, -0.05) is 23.4 Å². The van der Waals surface area contributed by atoms with Crippen LogP contribution < -0.4 is 0 Å². The summed E-state index contributed by atoms with van der Waals surface area (Å²) < 4.78 is 0. The molecule has 0 aliphatic heterocycles. The number of halogens is 1. The van der Waals surface area contributed by atoms with Gasteiger partial charge in [0.2, 0.25) is 0 Å². The molecule has 1 aromatic heterocycles. The molecule has 0 spiro atoms. The summed E-state index contributed by atoms with van der Waals surface area (Å²) in [4.78, 5) is 5.28. The maximum atomic E-state index is 9.07. The largest absolute Gasteiger partial charge is 0.246 e. The molecule has 90 valence electrons. The Labute approximate surface area is 116 Å². The fourth-order valence-corrected chi connectivity index (χ4v) is 2.95. The Morgan fingerprint density at radius 1 is 1.22 bits per heavy atom. The predicted octanol–water partition coefficient (Wildman–Crippen LogP) is 4.37. The van der Waals surface area contributed by atoms with Crippen molar-refractivity contribution in [1.82, 2.24) is 4.98 Å². The van der Waals surface area contributed by atoms with E-state index in [-0.39, 0.29) is 0 Å². The molecule has 0 N–H and O–H groups in total. The first-order valence-corrected chi connectivity index (χ1v) is 6.61. The maximum Gasteiger partial charge on any atom is 0.101 e. The Bertz CT molecular complexity index is 612. The van der Waals surface area contributed by atoms with Crippen LogP contribution in [0, 0.1) is 25.2 Å². The quantitative estimate of drug-likeness (QED) is 0.816. The molecule has 0 radical (unpaired) electrons. The maximum absolute atomic E-state index is 9.07. The van der Waals surface area contributed by atoms with E-state index >= 15 is 0 Å². The van der Waals surface area contributed by atoms with E-state index in [0.717, 1.165) is 21.2 Å². The SMILES string of the molecule is Cc1cc(C)nc(Sc2cc(Cl)ccc2C#N)c1. The molecule has 0 aliphatic rings. The minimum atomic E-state index is 0.616. The van der Waals surface area contributed by atoms with Crippen LogP contribution in [-0.4, -0.2) is 4.98 Å². The number of hydrogen-bond acceptors (Lipinski definition) is 3. The van der Waals surface area contributed by atoms with Crippen LogP contribution in [0.3, 0.4) is 0 Å². The normalized spacial score (nSPS) is 10.1. The van der Waals surface area contributed by atoms with E-state index in [1.165, 1.54) is 11.8 Å². The molecule has 2 rings (SSSR count). The Kier molecular flexibility index (Phi) is 3.90. The summed E-state index contributed by atoms with van der Waals surface area (Å²) in [7, 11) is 0. The molecule has 18 heavy (non-hydrogen) atoms. The van der Waals surface area contributed by atoms with E-state index in [1.807, 2.05) is 26.0 Å². The molecule has 0 unspecified atom stereocenters. The monoisotopic (exact) mass is 274 g/mol. The Balaban J connectivity index is 2.39. The molecule has 0 saturated heterocycles. The van der Waals surface area contributed by atoms with Crippen LogP contribution in [0.25, 0.3) is 0 Å². The highest BCUT2D eigenvalue weighted by Crippen LogP contribution is 2.31. The fourth-order valence-electron chi connectivity index (χ4n) is 1.64. The minimum absolute atomic E-state index is 0.616. The minimum Gasteiger partial charge on any atom is -0.246 e. The lowest BCUT2D eigenvalue weighted by molar-refractivity contribution is 1.05. The first kappa shape index (κ1) is 12.9. The second-order valence-corrected chi connectivity index (χ2v) is 5.48. The van der Waals surface area contributed by atoms with Crippen molar-refractivity contribution >= 4 is 23.4 Å². The lowest BCUT2D eigenvalue weighted by Crippen LogP contribution is -1.88. The third-order valence-corrected chi connectivity index (χ3v) is 3.56. The number of nitrogens with zero attached hydrogens (tertiary/aromatic N) is 2. The van der Waals surface area contributed by atoms with Gasteiger partial charge in [0.05, 0.1) is 5.56 Å². The summed E-state index contributed by atoms with van der Waals surface area (Å²) in [5.41, 5.74) is 2.74. The Hall–Kier alpha value is -1.50. The number of pyridine rings is 1. The summed E-state index contributed by atoms with van der Waals surface area (Å²) >= 11 is 7.42. The van der Waals surface area contributed by atoms with Crippen LogP contribution in [0.5, 0.6) is 0 Å². The molecule has 1 heterocycles. The molecule has 0 fully saturated rings. The number of aromatic nitrogens is 1. The number of nitriles is 1. The van der Waals surface area contributed by atoms with Gasteiger partial charge in [-0.15, -0.1) is 0 Å². The Morgan fingerprint density at radius 2 is 2.00 bits per heavy atom. The van der Waals surface area contributed by atoms with E-state index in [4.69, 9.17) is 16.9 Å². The van der Waals surface area contributed by atoms with Crippen LogP contribution in [0.15, 0.2) is 40.3 Å². The van der Waals surface area contributed by atoms with Gasteiger partial charge in [-0.2, -0.15) is 5.26 Å². The van der Waals surface area contributed by atoms with Gasteiger partial charge in [-0.25, -0.2) is 4.98 Å². The molecular weight excluding hydrogens is 264 g/mol. The molecule has 4 heteroatoms. The zero-order valence-corrected chi connectivity index (χ0v) is 11.6. The van der Waals surface area contributed by atoms with Gasteiger partial charge in [0.1, 0.15) is 11.1 Å². The molecule has 0 atom stereocenters. The molecule has 0 saturated carbocycles. The summed E-state index contributed by atoms with van der Waals surface area (Å²) in [5.74, 6) is 0. The van der Waals surface area contributed by atoms with Gasteiger partial charge in [0.15, 0.2) is 0 Å². The zero-order chi connectivity index (χ0) is 13.1. The van der Waals surface area contributed by atoms with Gasteiger partial charge < -0.3 is 0 Å². The number of rotatable bonds is 2. The van der Waals surface area contributed by atoms with Crippen LogP contribution in [0.1, 0.15) is 16.8 Å². The molecule has 0 aliphatic carbocycles. The second kappa shape index (κ2) is 5.43. The van der Waals surface area contributed by atoms with Gasteiger partial charge in [0.25, 0.3) is 0 Å². The third-order valence-electron chi connectivity index (χ3n) is 2.35. The average molecular weight is 275 g/mol. The number of hydrogen-bond donors (Lipinski definition) is 0. The van der Waals surface area contributed by atoms with Gasteiger partial charge in [0, 0.05) is 15.6 Å². The highest BCUT2D eigenvalue weighted by atomic mass is 35.5. The van der Waals surface area contributed by atoms with Crippen molar-refractivity contribution in [3.63, 3.8) is 0 Å². The van der Waals surface area contributed by atoms with E-state index < -0.39 is 0 Å². The second-order valence-electron chi connectivity index (χ2n) is 3.98. The average Bonchev–Trinajstić information content (AvgIpc) is 2.27. The van der Waals surface area contributed by atoms with E-state index in [9.17, 15) is 0 Å². The van der Waals surface area contributed by atoms with Crippen molar-refractivity contribution in [2.24, 2.45) is 0 Å². The van der Waals surface area contributed by atoms with E-state index in [2.05, 4.69) is 11.1 Å². The highest BCUT2D eigenvalue weighted by molar-refractivity contribution is 7.99. The lowest BCUT2D eigenvalue weighted by atomic mass is 10.2. The van der Waals surface area contributed by atoms with Crippen molar-refractivity contribution in [3.8, 4) is 6.07 Å². The zero-order valence-electron chi connectivity index (χ0n) is 10.1. The van der Waals surface area contributed by atoms with Crippen LogP contribution in [-0.2, 0) is 0 Å². The molecular formula is C14H11ClN2S. The lowest BCUT2D eigenvalue weighted by Gasteiger charge is -2.06. The van der Waals surface area contributed by atoms with E-state index in [0.29, 0.717) is 10.6 Å². The van der Waals surface area contributed by atoms with Gasteiger partial charge in [-0.3, -0.25) is 0 Å². The van der Waals surface area contributed by atoms with Crippen molar-refractivity contribution in [3.05, 3.63) is 52.2 Å². The van der Waals surface area contributed by atoms with Crippen molar-refractivity contribution in [2.75, 3.05) is 0 Å². The molecule has 0 amide bonds. The van der Waals surface area contributed by atoms with Crippen molar-refractivity contribution in [2.45, 2.75) is 23.8 Å². The number of aryl methyl sites for hydroxylation is 2. The molecule has 2 aromatic rings. The van der Waals surface area contributed by atoms with Crippen LogP contribution >= 0.6 is 23.4 Å². The Morgan fingerprint density at radius 3 is 2.67 bits per heavy atom. The van der Waals surface area contributed by atoms with E-state index in [1.54, 1.807) is 18.2 Å². The van der Waals surface area contributed by atoms with Crippen LogP contribution in [0.2, 0.25) is 5.02 Å². The van der Waals surface area contributed by atoms with Crippen molar-refractivity contribution in [1.29, 1.82) is 5.26 Å².